The molecule has 5 heteroatoms. The minimum absolute atomic E-state index is 0.0986. The Morgan fingerprint density at radius 2 is 1.89 bits per heavy atom. The SMILES string of the molecule is O=C1CCN(C(=O)/C=C/c2ccc(Cl)cc2Cl)CC1. The van der Waals surface area contributed by atoms with Gasteiger partial charge in [0.15, 0.2) is 0 Å². The lowest BCUT2D eigenvalue weighted by molar-refractivity contribution is -0.130. The molecule has 1 aromatic rings. The largest absolute Gasteiger partial charge is 0.338 e. The first kappa shape index (κ1) is 14.1. The minimum atomic E-state index is -0.0986. The van der Waals surface area contributed by atoms with Crippen LogP contribution in [0.2, 0.25) is 10.0 Å². The van der Waals surface area contributed by atoms with Gasteiger partial charge in [0.05, 0.1) is 0 Å². The number of rotatable bonds is 2. The molecular formula is C14H13Cl2NO2. The second-order valence-electron chi connectivity index (χ2n) is 4.36. The molecule has 0 unspecified atom stereocenters. The highest BCUT2D eigenvalue weighted by Gasteiger charge is 2.18. The van der Waals surface area contributed by atoms with Crippen LogP contribution < -0.4 is 0 Å². The molecule has 19 heavy (non-hydrogen) atoms. The molecule has 1 aliphatic heterocycles. The monoisotopic (exact) mass is 297 g/mol. The van der Waals surface area contributed by atoms with E-state index in [0.717, 1.165) is 5.56 Å². The molecule has 1 amide bonds. The van der Waals surface area contributed by atoms with Crippen LogP contribution in [-0.4, -0.2) is 29.7 Å². The van der Waals surface area contributed by atoms with E-state index in [0.29, 0.717) is 36.0 Å². The number of carbonyl (C=O) groups is 2. The van der Waals surface area contributed by atoms with E-state index in [1.807, 2.05) is 0 Å². The van der Waals surface area contributed by atoms with Gasteiger partial charge in [-0.2, -0.15) is 0 Å². The third-order valence-electron chi connectivity index (χ3n) is 3.00. The number of ketones is 1. The summed E-state index contributed by atoms with van der Waals surface area (Å²) in [5.74, 6) is 0.118. The fourth-order valence-electron chi connectivity index (χ4n) is 1.88. The lowest BCUT2D eigenvalue weighted by Gasteiger charge is -2.24. The van der Waals surface area contributed by atoms with Crippen molar-refractivity contribution in [3.05, 3.63) is 39.9 Å². The molecule has 100 valence electrons. The fraction of sp³-hybridized carbons (Fsp3) is 0.286. The van der Waals surface area contributed by atoms with Gasteiger partial charge in [-0.25, -0.2) is 0 Å². The summed E-state index contributed by atoms with van der Waals surface area (Å²) in [7, 11) is 0. The highest BCUT2D eigenvalue weighted by molar-refractivity contribution is 6.35. The van der Waals surface area contributed by atoms with Crippen molar-refractivity contribution in [2.24, 2.45) is 0 Å². The predicted molar refractivity (Wildman–Crippen MR) is 76.3 cm³/mol. The van der Waals surface area contributed by atoms with E-state index >= 15 is 0 Å². The van der Waals surface area contributed by atoms with Gasteiger partial charge >= 0.3 is 0 Å². The molecule has 1 fully saturated rings. The summed E-state index contributed by atoms with van der Waals surface area (Å²) >= 11 is 11.8. The van der Waals surface area contributed by atoms with Gasteiger partial charge < -0.3 is 4.90 Å². The van der Waals surface area contributed by atoms with Gasteiger partial charge in [0, 0.05) is 42.1 Å². The van der Waals surface area contributed by atoms with Gasteiger partial charge in [-0.05, 0) is 23.8 Å². The maximum atomic E-state index is 11.9. The zero-order valence-electron chi connectivity index (χ0n) is 10.2. The molecule has 1 aliphatic rings. The molecule has 0 saturated carbocycles. The van der Waals surface area contributed by atoms with Crippen LogP contribution in [0.5, 0.6) is 0 Å². The molecule has 0 N–H and O–H groups in total. The van der Waals surface area contributed by atoms with Crippen molar-refractivity contribution in [2.45, 2.75) is 12.8 Å². The average Bonchev–Trinajstić information content (AvgIpc) is 2.38. The summed E-state index contributed by atoms with van der Waals surface area (Å²) < 4.78 is 0. The molecule has 0 bridgehead atoms. The van der Waals surface area contributed by atoms with Crippen molar-refractivity contribution < 1.29 is 9.59 Å². The highest BCUT2D eigenvalue weighted by atomic mass is 35.5. The van der Waals surface area contributed by atoms with Crippen LogP contribution in [0.3, 0.4) is 0 Å². The van der Waals surface area contributed by atoms with Crippen LogP contribution in [0.15, 0.2) is 24.3 Å². The van der Waals surface area contributed by atoms with Gasteiger partial charge in [-0.1, -0.05) is 29.3 Å². The highest BCUT2D eigenvalue weighted by Crippen LogP contribution is 2.22. The minimum Gasteiger partial charge on any atom is -0.338 e. The lowest BCUT2D eigenvalue weighted by Crippen LogP contribution is -2.37. The van der Waals surface area contributed by atoms with Gasteiger partial charge in [-0.3, -0.25) is 9.59 Å². The van der Waals surface area contributed by atoms with Crippen LogP contribution >= 0.6 is 23.2 Å². The number of benzene rings is 1. The molecule has 0 aromatic heterocycles. The lowest BCUT2D eigenvalue weighted by atomic mass is 10.1. The molecule has 1 aromatic carbocycles. The average molecular weight is 298 g/mol. The number of carbonyl (C=O) groups excluding carboxylic acids is 2. The zero-order chi connectivity index (χ0) is 13.8. The molecule has 0 spiro atoms. The number of piperidine rings is 1. The Morgan fingerprint density at radius 3 is 2.53 bits per heavy atom. The summed E-state index contributed by atoms with van der Waals surface area (Å²) in [5, 5.41) is 1.06. The Bertz CT molecular complexity index is 530. The number of nitrogens with zero attached hydrogens (tertiary/aromatic N) is 1. The first-order valence-electron chi connectivity index (χ1n) is 6.00. The Balaban J connectivity index is 2.01. The summed E-state index contributed by atoms with van der Waals surface area (Å²) in [4.78, 5) is 24.7. The van der Waals surface area contributed by atoms with Crippen molar-refractivity contribution in [3.8, 4) is 0 Å². The molecule has 3 nitrogen and oxygen atoms in total. The van der Waals surface area contributed by atoms with Crippen molar-refractivity contribution in [2.75, 3.05) is 13.1 Å². The van der Waals surface area contributed by atoms with Crippen LogP contribution in [0.1, 0.15) is 18.4 Å². The molecule has 0 atom stereocenters. The first-order valence-corrected chi connectivity index (χ1v) is 6.75. The van der Waals surface area contributed by atoms with Crippen molar-refractivity contribution in [1.82, 2.24) is 4.90 Å². The van der Waals surface area contributed by atoms with Gasteiger partial charge in [0.2, 0.25) is 5.91 Å². The Morgan fingerprint density at radius 1 is 1.21 bits per heavy atom. The molecule has 0 radical (unpaired) electrons. The summed E-state index contributed by atoms with van der Waals surface area (Å²) in [6, 6.07) is 5.11. The third-order valence-corrected chi connectivity index (χ3v) is 3.56. The summed E-state index contributed by atoms with van der Waals surface area (Å²) in [5.41, 5.74) is 0.743. The number of Topliss-reactive ketones (excluding diaryl/α,β-unsaturated/α-hetero) is 1. The maximum absolute atomic E-state index is 11.9. The number of hydrogen-bond acceptors (Lipinski definition) is 2. The zero-order valence-corrected chi connectivity index (χ0v) is 11.7. The topological polar surface area (TPSA) is 37.4 Å². The van der Waals surface area contributed by atoms with Crippen molar-refractivity contribution in [3.63, 3.8) is 0 Å². The number of halogens is 2. The van der Waals surface area contributed by atoms with Crippen molar-refractivity contribution >= 4 is 41.0 Å². The van der Waals surface area contributed by atoms with E-state index in [1.54, 1.807) is 29.2 Å². The van der Waals surface area contributed by atoms with Gasteiger partial charge in [-0.15, -0.1) is 0 Å². The van der Waals surface area contributed by atoms with Gasteiger partial charge in [0.25, 0.3) is 0 Å². The maximum Gasteiger partial charge on any atom is 0.246 e. The fourth-order valence-corrected chi connectivity index (χ4v) is 2.35. The first-order chi connectivity index (χ1) is 9.06. The quantitative estimate of drug-likeness (QED) is 0.786. The van der Waals surface area contributed by atoms with Crippen LogP contribution in [-0.2, 0) is 9.59 Å². The number of hydrogen-bond donors (Lipinski definition) is 0. The van der Waals surface area contributed by atoms with E-state index in [9.17, 15) is 9.59 Å². The van der Waals surface area contributed by atoms with Crippen LogP contribution in [0.4, 0.5) is 0 Å². The van der Waals surface area contributed by atoms with E-state index in [1.165, 1.54) is 6.08 Å². The predicted octanol–water partition coefficient (Wildman–Crippen LogP) is 3.20. The molecule has 0 aliphatic carbocycles. The molecule has 1 heterocycles. The molecular weight excluding hydrogens is 285 g/mol. The Hall–Kier alpha value is -1.32. The molecule has 1 saturated heterocycles. The normalized spacial score (nSPS) is 16.1. The van der Waals surface area contributed by atoms with E-state index in [2.05, 4.69) is 0 Å². The second kappa shape index (κ2) is 6.22. The van der Waals surface area contributed by atoms with Crippen molar-refractivity contribution in [1.29, 1.82) is 0 Å². The van der Waals surface area contributed by atoms with Crippen LogP contribution in [0, 0.1) is 0 Å². The number of likely N-dealkylation sites (tertiary alicyclic amines) is 1. The smallest absolute Gasteiger partial charge is 0.246 e. The van der Waals surface area contributed by atoms with Gasteiger partial charge in [0.1, 0.15) is 5.78 Å². The van der Waals surface area contributed by atoms with E-state index in [-0.39, 0.29) is 11.7 Å². The van der Waals surface area contributed by atoms with Crippen LogP contribution in [0.25, 0.3) is 6.08 Å². The van der Waals surface area contributed by atoms with E-state index in [4.69, 9.17) is 23.2 Å². The summed E-state index contributed by atoms with van der Waals surface area (Å²) in [6.07, 6.45) is 4.03. The number of amides is 1. The molecule has 2 rings (SSSR count). The standard InChI is InChI=1S/C14H13Cl2NO2/c15-11-3-1-10(13(16)9-11)2-4-14(19)17-7-5-12(18)6-8-17/h1-4,9H,5-8H2/b4-2+. The Kier molecular flexibility index (Phi) is 4.61. The second-order valence-corrected chi connectivity index (χ2v) is 5.21. The van der Waals surface area contributed by atoms with E-state index < -0.39 is 0 Å². The summed E-state index contributed by atoms with van der Waals surface area (Å²) in [6.45, 7) is 0.993. The Labute approximate surface area is 121 Å². The third kappa shape index (κ3) is 3.82.